The van der Waals surface area contributed by atoms with Crippen molar-refractivity contribution in [2.24, 2.45) is 0 Å². The third-order valence-corrected chi connectivity index (χ3v) is 5.27. The number of carbonyl (C=O) groups is 2. The van der Waals surface area contributed by atoms with E-state index in [0.29, 0.717) is 33.7 Å². The summed E-state index contributed by atoms with van der Waals surface area (Å²) in [5, 5.41) is 2.47. The van der Waals surface area contributed by atoms with E-state index in [4.69, 9.17) is 21.7 Å². The van der Waals surface area contributed by atoms with Crippen molar-refractivity contribution in [2.45, 2.75) is 26.6 Å². The summed E-state index contributed by atoms with van der Waals surface area (Å²) in [5.74, 6) is 0.162. The second kappa shape index (κ2) is 12.2. The number of hydrazine groups is 1. The molecule has 176 valence electrons. The van der Waals surface area contributed by atoms with Gasteiger partial charge in [0, 0.05) is 5.56 Å². The van der Waals surface area contributed by atoms with E-state index in [0.717, 1.165) is 5.56 Å². The summed E-state index contributed by atoms with van der Waals surface area (Å²) in [4.78, 5) is 25.2. The number of hydrogen-bond donors (Lipinski definition) is 3. The van der Waals surface area contributed by atoms with Crippen LogP contribution in [0.3, 0.4) is 0 Å². The molecule has 3 aromatic rings. The quantitative estimate of drug-likeness (QED) is 0.295. The molecule has 0 radical (unpaired) electrons. The number of ether oxygens (including phenoxy) is 2. The second-order valence-electron chi connectivity index (χ2n) is 7.44. The largest absolute Gasteiger partial charge is 0.490 e. The van der Waals surface area contributed by atoms with Crippen LogP contribution in [0.1, 0.15) is 40.1 Å². The van der Waals surface area contributed by atoms with E-state index in [2.05, 4.69) is 32.1 Å². The maximum atomic E-state index is 12.7. The summed E-state index contributed by atoms with van der Waals surface area (Å²) in [7, 11) is 0. The number of carbonyl (C=O) groups excluding carboxylic acids is 2. The summed E-state index contributed by atoms with van der Waals surface area (Å²) in [6, 6.07) is 21.5. The van der Waals surface area contributed by atoms with Gasteiger partial charge in [-0.2, -0.15) is 0 Å². The Balaban J connectivity index is 1.54. The molecule has 0 aliphatic rings. The first kappa shape index (κ1) is 25.2. The van der Waals surface area contributed by atoms with E-state index in [1.165, 1.54) is 0 Å². The fraction of sp³-hybridized carbons (Fsp3) is 0.160. The minimum Gasteiger partial charge on any atom is -0.490 e. The molecule has 0 aliphatic carbocycles. The highest BCUT2D eigenvalue weighted by Crippen LogP contribution is 2.27. The van der Waals surface area contributed by atoms with Crippen molar-refractivity contribution in [3.05, 3.63) is 94.0 Å². The monoisotopic (exact) mass is 541 g/mol. The van der Waals surface area contributed by atoms with E-state index < -0.39 is 11.8 Å². The highest BCUT2D eigenvalue weighted by Gasteiger charge is 2.15. The van der Waals surface area contributed by atoms with Gasteiger partial charge in [-0.3, -0.25) is 25.8 Å². The average molecular weight is 542 g/mol. The lowest BCUT2D eigenvalue weighted by Gasteiger charge is -2.14. The van der Waals surface area contributed by atoms with Gasteiger partial charge in [0.05, 0.1) is 16.1 Å². The third kappa shape index (κ3) is 7.29. The molecular formula is C25H24BrN3O4S. The number of para-hydroxylation sites is 1. The van der Waals surface area contributed by atoms with Gasteiger partial charge in [-0.05, 0) is 77.9 Å². The number of nitrogens with one attached hydrogen (secondary N) is 3. The number of rotatable bonds is 7. The number of halogens is 1. The molecule has 0 atom stereocenters. The minimum atomic E-state index is -0.460. The zero-order valence-corrected chi connectivity index (χ0v) is 21.0. The molecule has 9 heteroatoms. The molecule has 0 aromatic heterocycles. The molecule has 0 bridgehead atoms. The molecule has 2 amide bonds. The van der Waals surface area contributed by atoms with Crippen LogP contribution in [0, 0.1) is 0 Å². The summed E-state index contributed by atoms with van der Waals surface area (Å²) in [6.07, 6.45) is 0.00485. The van der Waals surface area contributed by atoms with E-state index >= 15 is 0 Å². The van der Waals surface area contributed by atoms with Crippen LogP contribution in [0.25, 0.3) is 0 Å². The van der Waals surface area contributed by atoms with Gasteiger partial charge in [0.1, 0.15) is 18.1 Å². The molecule has 7 nitrogen and oxygen atoms in total. The van der Waals surface area contributed by atoms with Crippen molar-refractivity contribution in [1.29, 1.82) is 0 Å². The summed E-state index contributed by atoms with van der Waals surface area (Å²) in [5.41, 5.74) is 6.70. The normalized spacial score (nSPS) is 10.4. The van der Waals surface area contributed by atoms with Gasteiger partial charge in [-0.1, -0.05) is 42.5 Å². The third-order valence-electron chi connectivity index (χ3n) is 4.44. The lowest BCUT2D eigenvalue weighted by Crippen LogP contribution is -2.48. The lowest BCUT2D eigenvalue weighted by atomic mass is 10.2. The molecule has 0 fully saturated rings. The smallest absolute Gasteiger partial charge is 0.273 e. The molecule has 3 aromatic carbocycles. The van der Waals surface area contributed by atoms with Crippen molar-refractivity contribution >= 4 is 45.1 Å². The van der Waals surface area contributed by atoms with Crippen LogP contribution in [0.4, 0.5) is 0 Å². The molecule has 0 unspecified atom stereocenters. The second-order valence-corrected chi connectivity index (χ2v) is 8.71. The molecule has 0 heterocycles. The first-order valence-corrected chi connectivity index (χ1v) is 11.7. The van der Waals surface area contributed by atoms with Crippen LogP contribution < -0.4 is 25.6 Å². The highest BCUT2D eigenvalue weighted by molar-refractivity contribution is 9.10. The Morgan fingerprint density at radius 1 is 0.912 bits per heavy atom. The van der Waals surface area contributed by atoms with E-state index in [9.17, 15) is 9.59 Å². The van der Waals surface area contributed by atoms with E-state index in [1.807, 2.05) is 44.2 Å². The summed E-state index contributed by atoms with van der Waals surface area (Å²) in [6.45, 7) is 4.15. The predicted octanol–water partition coefficient (Wildman–Crippen LogP) is 4.76. The first-order chi connectivity index (χ1) is 16.3. The van der Waals surface area contributed by atoms with Gasteiger partial charge >= 0.3 is 0 Å². The van der Waals surface area contributed by atoms with E-state index in [-0.39, 0.29) is 11.2 Å². The Bertz CT molecular complexity index is 1170. The van der Waals surface area contributed by atoms with Gasteiger partial charge in [0.15, 0.2) is 5.11 Å². The molecule has 34 heavy (non-hydrogen) atoms. The molecular weight excluding hydrogens is 518 g/mol. The molecule has 3 N–H and O–H groups in total. The van der Waals surface area contributed by atoms with Crippen LogP contribution in [-0.4, -0.2) is 23.0 Å². The zero-order chi connectivity index (χ0) is 24.5. The maximum absolute atomic E-state index is 12.7. The summed E-state index contributed by atoms with van der Waals surface area (Å²) < 4.78 is 12.1. The Hall–Kier alpha value is -3.43. The lowest BCUT2D eigenvalue weighted by molar-refractivity contribution is 0.0930. The van der Waals surface area contributed by atoms with Crippen molar-refractivity contribution in [1.82, 2.24) is 16.2 Å². The van der Waals surface area contributed by atoms with Crippen LogP contribution in [0.15, 0.2) is 77.3 Å². The highest BCUT2D eigenvalue weighted by atomic mass is 79.9. The van der Waals surface area contributed by atoms with Gasteiger partial charge in [-0.15, -0.1) is 0 Å². The van der Waals surface area contributed by atoms with E-state index in [1.54, 1.807) is 42.5 Å². The Kier molecular flexibility index (Phi) is 9.00. The van der Waals surface area contributed by atoms with Gasteiger partial charge in [-0.25, -0.2) is 0 Å². The zero-order valence-electron chi connectivity index (χ0n) is 18.6. The average Bonchev–Trinajstić information content (AvgIpc) is 2.83. The predicted molar refractivity (Wildman–Crippen MR) is 138 cm³/mol. The number of benzene rings is 3. The Morgan fingerprint density at radius 3 is 2.32 bits per heavy atom. The van der Waals surface area contributed by atoms with Crippen LogP contribution >= 0.6 is 28.1 Å². The fourth-order valence-corrected chi connectivity index (χ4v) is 3.51. The molecule has 0 spiro atoms. The Morgan fingerprint density at radius 2 is 1.62 bits per heavy atom. The van der Waals surface area contributed by atoms with Gasteiger partial charge < -0.3 is 9.47 Å². The SMILES string of the molecule is CC(C)Oc1ccc(C(=O)NC(=S)NNC(=O)c2ccccc2OCc2ccccc2)cc1Br. The van der Waals surface area contributed by atoms with Crippen LogP contribution in [0.5, 0.6) is 11.5 Å². The fourth-order valence-electron chi connectivity index (χ4n) is 2.89. The summed E-state index contributed by atoms with van der Waals surface area (Å²) >= 11 is 8.53. The van der Waals surface area contributed by atoms with Crippen molar-refractivity contribution in [3.8, 4) is 11.5 Å². The number of amides is 2. The topological polar surface area (TPSA) is 88.7 Å². The van der Waals surface area contributed by atoms with Crippen molar-refractivity contribution < 1.29 is 19.1 Å². The van der Waals surface area contributed by atoms with Crippen LogP contribution in [0.2, 0.25) is 0 Å². The van der Waals surface area contributed by atoms with Gasteiger partial charge in [0.2, 0.25) is 0 Å². The number of thiocarbonyl (C=S) groups is 1. The maximum Gasteiger partial charge on any atom is 0.273 e. The molecule has 0 aliphatic heterocycles. The number of hydrogen-bond acceptors (Lipinski definition) is 5. The van der Waals surface area contributed by atoms with Crippen molar-refractivity contribution in [2.75, 3.05) is 0 Å². The first-order valence-electron chi connectivity index (χ1n) is 10.5. The van der Waals surface area contributed by atoms with Gasteiger partial charge in [0.25, 0.3) is 11.8 Å². The Labute approximate surface area is 211 Å². The molecule has 0 saturated carbocycles. The molecule has 0 saturated heterocycles. The molecule has 3 rings (SSSR count). The standard InChI is InChI=1S/C25H24BrN3O4S/c1-16(2)33-22-13-12-18(14-20(22)26)23(30)27-25(34)29-28-24(31)19-10-6-7-11-21(19)32-15-17-8-4-3-5-9-17/h3-14,16H,15H2,1-2H3,(H,28,31)(H2,27,29,30,34). The van der Waals surface area contributed by atoms with Crippen molar-refractivity contribution in [3.63, 3.8) is 0 Å². The minimum absolute atomic E-state index is 0.00485. The van der Waals surface area contributed by atoms with Crippen LogP contribution in [-0.2, 0) is 6.61 Å².